The number of carbonyl (C=O) groups excluding carboxylic acids is 1. The van der Waals surface area contributed by atoms with Gasteiger partial charge in [0, 0.05) is 12.2 Å². The van der Waals surface area contributed by atoms with Crippen LogP contribution in [0.4, 0.5) is 21.9 Å². The molecule has 0 heterocycles. The quantitative estimate of drug-likeness (QED) is 0.685. The second-order valence-corrected chi connectivity index (χ2v) is 5.91. The van der Waals surface area contributed by atoms with Crippen LogP contribution in [0.25, 0.3) is 0 Å². The molecule has 25 heavy (non-hydrogen) atoms. The monoisotopic (exact) mass is 331 g/mol. The number of hydrogen-bond donors (Lipinski definition) is 2. The largest absolute Gasteiger partial charge is 0.399 e. The van der Waals surface area contributed by atoms with Gasteiger partial charge >= 0.3 is 6.03 Å². The Hall–Kier alpha value is -3.27. The fourth-order valence-corrected chi connectivity index (χ4v) is 2.55. The van der Waals surface area contributed by atoms with E-state index in [2.05, 4.69) is 5.32 Å². The molecule has 3 N–H and O–H groups in total. The first-order chi connectivity index (χ1) is 12.1. The number of nitrogen functional groups attached to an aromatic ring is 1. The van der Waals surface area contributed by atoms with Crippen molar-refractivity contribution < 1.29 is 4.79 Å². The molecule has 3 aromatic carbocycles. The summed E-state index contributed by atoms with van der Waals surface area (Å²) in [5.41, 5.74) is 10.3. The number of nitrogens with one attached hydrogen (secondary N) is 1. The molecule has 0 unspecified atom stereocenters. The number of amides is 2. The van der Waals surface area contributed by atoms with E-state index >= 15 is 0 Å². The third-order valence-electron chi connectivity index (χ3n) is 3.93. The van der Waals surface area contributed by atoms with Crippen molar-refractivity contribution in [2.75, 3.05) is 10.6 Å². The van der Waals surface area contributed by atoms with Gasteiger partial charge in [-0.15, -0.1) is 0 Å². The Kier molecular flexibility index (Phi) is 5.00. The van der Waals surface area contributed by atoms with E-state index in [4.69, 9.17) is 5.73 Å². The normalized spacial score (nSPS) is 10.3. The molecule has 0 spiro atoms. The molecule has 0 aromatic heterocycles. The molecule has 0 bridgehead atoms. The average Bonchev–Trinajstić information content (AvgIpc) is 2.64. The maximum atomic E-state index is 12.9. The third-order valence-corrected chi connectivity index (χ3v) is 3.93. The molecule has 0 radical (unpaired) electrons. The Morgan fingerprint density at radius 1 is 0.880 bits per heavy atom. The fraction of sp³-hybridized carbons (Fsp3) is 0.0952. The lowest BCUT2D eigenvalue weighted by atomic mass is 10.1. The van der Waals surface area contributed by atoms with Gasteiger partial charge in [0.1, 0.15) is 0 Å². The molecule has 0 aliphatic rings. The first-order valence-corrected chi connectivity index (χ1v) is 8.17. The van der Waals surface area contributed by atoms with Gasteiger partial charge in [0.15, 0.2) is 0 Å². The number of rotatable bonds is 4. The Bertz CT molecular complexity index is 827. The SMILES string of the molecule is Cc1ccc(CNC(=O)N(c2ccccc2)c2ccc(N)cc2)cc1. The van der Waals surface area contributed by atoms with Crippen LogP contribution in [0.1, 0.15) is 11.1 Å². The molecule has 2 amide bonds. The standard InChI is InChI=1S/C21H21N3O/c1-16-7-9-17(10-8-16)15-23-21(25)24(19-5-3-2-4-6-19)20-13-11-18(22)12-14-20/h2-14H,15,22H2,1H3,(H,23,25). The van der Waals surface area contributed by atoms with Crippen LogP contribution in [0.15, 0.2) is 78.9 Å². The second-order valence-electron chi connectivity index (χ2n) is 5.91. The lowest BCUT2D eigenvalue weighted by molar-refractivity contribution is 0.248. The van der Waals surface area contributed by atoms with E-state index in [0.29, 0.717) is 12.2 Å². The molecule has 4 nitrogen and oxygen atoms in total. The van der Waals surface area contributed by atoms with E-state index in [1.165, 1.54) is 5.56 Å². The summed E-state index contributed by atoms with van der Waals surface area (Å²) < 4.78 is 0. The fourth-order valence-electron chi connectivity index (χ4n) is 2.55. The summed E-state index contributed by atoms with van der Waals surface area (Å²) in [7, 11) is 0. The van der Waals surface area contributed by atoms with Gasteiger partial charge in [0.2, 0.25) is 0 Å². The summed E-state index contributed by atoms with van der Waals surface area (Å²) in [6.45, 7) is 2.51. The molecule has 0 saturated heterocycles. The van der Waals surface area contributed by atoms with E-state index < -0.39 is 0 Å². The number of anilines is 3. The Morgan fingerprint density at radius 3 is 2.12 bits per heavy atom. The number of aryl methyl sites for hydroxylation is 1. The molecule has 3 aromatic rings. The molecular weight excluding hydrogens is 310 g/mol. The minimum atomic E-state index is -0.184. The van der Waals surface area contributed by atoms with E-state index in [-0.39, 0.29) is 6.03 Å². The maximum absolute atomic E-state index is 12.9. The molecular formula is C21H21N3O. The van der Waals surface area contributed by atoms with Crippen LogP contribution in [0.5, 0.6) is 0 Å². The zero-order valence-electron chi connectivity index (χ0n) is 14.1. The van der Waals surface area contributed by atoms with Gasteiger partial charge < -0.3 is 11.1 Å². The van der Waals surface area contributed by atoms with E-state index in [1.807, 2.05) is 73.7 Å². The summed E-state index contributed by atoms with van der Waals surface area (Å²) in [5.74, 6) is 0. The highest BCUT2D eigenvalue weighted by atomic mass is 16.2. The highest BCUT2D eigenvalue weighted by molar-refractivity contribution is 5.99. The van der Waals surface area contributed by atoms with Crippen molar-refractivity contribution in [1.82, 2.24) is 5.32 Å². The van der Waals surface area contributed by atoms with E-state index in [0.717, 1.165) is 16.9 Å². The van der Waals surface area contributed by atoms with Crippen LogP contribution in [0.2, 0.25) is 0 Å². The molecule has 4 heteroatoms. The van der Waals surface area contributed by atoms with Crippen LogP contribution in [0, 0.1) is 6.92 Å². The summed E-state index contributed by atoms with van der Waals surface area (Å²) in [4.78, 5) is 14.5. The van der Waals surface area contributed by atoms with Gasteiger partial charge in [-0.2, -0.15) is 0 Å². The molecule has 3 rings (SSSR count). The van der Waals surface area contributed by atoms with Crippen molar-refractivity contribution in [3.05, 3.63) is 90.0 Å². The highest BCUT2D eigenvalue weighted by Gasteiger charge is 2.17. The van der Waals surface area contributed by atoms with Gasteiger partial charge in [0.25, 0.3) is 0 Å². The number of urea groups is 1. The van der Waals surface area contributed by atoms with Crippen molar-refractivity contribution in [3.8, 4) is 0 Å². The lowest BCUT2D eigenvalue weighted by Crippen LogP contribution is -2.36. The van der Waals surface area contributed by atoms with Crippen molar-refractivity contribution >= 4 is 23.1 Å². The maximum Gasteiger partial charge on any atom is 0.326 e. The number of para-hydroxylation sites is 1. The minimum Gasteiger partial charge on any atom is -0.399 e. The smallest absolute Gasteiger partial charge is 0.326 e. The van der Waals surface area contributed by atoms with Crippen LogP contribution in [0.3, 0.4) is 0 Å². The average molecular weight is 331 g/mol. The van der Waals surface area contributed by atoms with Crippen molar-refractivity contribution in [2.24, 2.45) is 0 Å². The molecule has 0 aliphatic heterocycles. The Morgan fingerprint density at radius 2 is 1.48 bits per heavy atom. The van der Waals surface area contributed by atoms with Crippen molar-refractivity contribution in [2.45, 2.75) is 13.5 Å². The predicted molar refractivity (Wildman–Crippen MR) is 103 cm³/mol. The lowest BCUT2D eigenvalue weighted by Gasteiger charge is -2.23. The molecule has 0 fully saturated rings. The van der Waals surface area contributed by atoms with Gasteiger partial charge in [0.05, 0.1) is 11.4 Å². The van der Waals surface area contributed by atoms with Gasteiger partial charge in [-0.25, -0.2) is 4.79 Å². The van der Waals surface area contributed by atoms with E-state index in [1.54, 1.807) is 17.0 Å². The van der Waals surface area contributed by atoms with Crippen LogP contribution in [-0.4, -0.2) is 6.03 Å². The Labute approximate surface area is 147 Å². The van der Waals surface area contributed by atoms with E-state index in [9.17, 15) is 4.79 Å². The molecule has 0 saturated carbocycles. The zero-order valence-corrected chi connectivity index (χ0v) is 14.1. The van der Waals surface area contributed by atoms with Gasteiger partial charge in [-0.05, 0) is 48.9 Å². The number of benzene rings is 3. The number of nitrogens with two attached hydrogens (primary N) is 1. The first-order valence-electron chi connectivity index (χ1n) is 8.17. The van der Waals surface area contributed by atoms with Crippen LogP contribution < -0.4 is 16.0 Å². The predicted octanol–water partition coefficient (Wildman–Crippen LogP) is 4.63. The van der Waals surface area contributed by atoms with Gasteiger partial charge in [-0.3, -0.25) is 4.90 Å². The second kappa shape index (κ2) is 7.53. The first kappa shape index (κ1) is 16.6. The third kappa shape index (κ3) is 4.18. The summed E-state index contributed by atoms with van der Waals surface area (Å²) in [5, 5.41) is 2.99. The topological polar surface area (TPSA) is 58.4 Å². The molecule has 0 aliphatic carbocycles. The highest BCUT2D eigenvalue weighted by Crippen LogP contribution is 2.26. The number of hydrogen-bond acceptors (Lipinski definition) is 2. The van der Waals surface area contributed by atoms with Crippen molar-refractivity contribution in [3.63, 3.8) is 0 Å². The molecule has 126 valence electrons. The summed E-state index contributed by atoms with van der Waals surface area (Å²) in [6, 6.07) is 24.7. The zero-order chi connectivity index (χ0) is 17.6. The number of nitrogens with zero attached hydrogens (tertiary/aromatic N) is 1. The summed E-state index contributed by atoms with van der Waals surface area (Å²) >= 11 is 0. The van der Waals surface area contributed by atoms with Gasteiger partial charge in [-0.1, -0.05) is 48.0 Å². The molecule has 0 atom stereocenters. The summed E-state index contributed by atoms with van der Waals surface area (Å²) in [6.07, 6.45) is 0. The van der Waals surface area contributed by atoms with Crippen LogP contribution in [-0.2, 0) is 6.54 Å². The number of carbonyl (C=O) groups is 1. The minimum absolute atomic E-state index is 0.184. The van der Waals surface area contributed by atoms with Crippen LogP contribution >= 0.6 is 0 Å². The Balaban J connectivity index is 1.82. The van der Waals surface area contributed by atoms with Crippen molar-refractivity contribution in [1.29, 1.82) is 0 Å².